The number of benzene rings is 1. The van der Waals surface area contributed by atoms with E-state index in [1.807, 2.05) is 6.07 Å². The van der Waals surface area contributed by atoms with E-state index in [4.69, 9.17) is 16.0 Å². The molecule has 2 nitrogen and oxygen atoms in total. The van der Waals surface area contributed by atoms with Gasteiger partial charge in [-0.15, -0.1) is 0 Å². The number of halogens is 2. The van der Waals surface area contributed by atoms with E-state index in [1.165, 1.54) is 0 Å². The van der Waals surface area contributed by atoms with Crippen LogP contribution in [-0.4, -0.2) is 5.11 Å². The van der Waals surface area contributed by atoms with E-state index in [2.05, 4.69) is 15.9 Å². The maximum Gasteiger partial charge on any atom is 0.153 e. The van der Waals surface area contributed by atoms with Crippen molar-refractivity contribution in [3.8, 4) is 0 Å². The van der Waals surface area contributed by atoms with Gasteiger partial charge in [0, 0.05) is 9.86 Å². The fraction of sp³-hybridized carbons (Fsp3) is 0.200. The SMILES string of the molecule is CC(O)c1cc2cc(Br)cc(Cl)c2o1. The monoisotopic (exact) mass is 274 g/mol. The van der Waals surface area contributed by atoms with Gasteiger partial charge in [-0.25, -0.2) is 0 Å². The maximum atomic E-state index is 9.34. The highest BCUT2D eigenvalue weighted by atomic mass is 79.9. The van der Waals surface area contributed by atoms with Crippen molar-refractivity contribution in [3.05, 3.63) is 33.5 Å². The Bertz CT molecular complexity index is 476. The highest BCUT2D eigenvalue weighted by molar-refractivity contribution is 9.10. The van der Waals surface area contributed by atoms with Gasteiger partial charge in [0.2, 0.25) is 0 Å². The minimum atomic E-state index is -0.614. The van der Waals surface area contributed by atoms with Crippen LogP contribution >= 0.6 is 27.5 Å². The Kier molecular flexibility index (Phi) is 2.56. The first kappa shape index (κ1) is 10.0. The molecule has 0 fully saturated rings. The number of hydrogen-bond donors (Lipinski definition) is 1. The van der Waals surface area contributed by atoms with E-state index in [1.54, 1.807) is 19.1 Å². The molecule has 1 atom stereocenters. The normalized spacial score (nSPS) is 13.4. The molecular weight excluding hydrogens is 267 g/mol. The van der Waals surface area contributed by atoms with Crippen LogP contribution in [0, 0.1) is 0 Å². The minimum Gasteiger partial charge on any atom is -0.457 e. The van der Waals surface area contributed by atoms with Crippen LogP contribution < -0.4 is 0 Å². The Morgan fingerprint density at radius 2 is 2.14 bits per heavy atom. The summed E-state index contributed by atoms with van der Waals surface area (Å²) >= 11 is 9.32. The second kappa shape index (κ2) is 3.57. The van der Waals surface area contributed by atoms with E-state index in [9.17, 15) is 5.11 Å². The van der Waals surface area contributed by atoms with Gasteiger partial charge in [-0.1, -0.05) is 27.5 Å². The summed E-state index contributed by atoms with van der Waals surface area (Å²) in [6.07, 6.45) is -0.614. The van der Waals surface area contributed by atoms with E-state index in [-0.39, 0.29) is 0 Å². The van der Waals surface area contributed by atoms with Crippen molar-refractivity contribution in [3.63, 3.8) is 0 Å². The molecule has 14 heavy (non-hydrogen) atoms. The first-order valence-corrected chi connectivity index (χ1v) is 5.31. The third-order valence-electron chi connectivity index (χ3n) is 1.97. The van der Waals surface area contributed by atoms with Crippen molar-refractivity contribution in [2.75, 3.05) is 0 Å². The van der Waals surface area contributed by atoms with Gasteiger partial charge in [0.05, 0.1) is 5.02 Å². The molecule has 2 rings (SSSR count). The lowest BCUT2D eigenvalue weighted by atomic mass is 10.2. The van der Waals surface area contributed by atoms with Crippen LogP contribution in [0.3, 0.4) is 0 Å². The van der Waals surface area contributed by atoms with Gasteiger partial charge in [-0.3, -0.25) is 0 Å². The Morgan fingerprint density at radius 1 is 1.43 bits per heavy atom. The molecular formula is C10H8BrClO2. The fourth-order valence-corrected chi connectivity index (χ4v) is 2.17. The van der Waals surface area contributed by atoms with Crippen molar-refractivity contribution in [1.82, 2.24) is 0 Å². The van der Waals surface area contributed by atoms with Crippen LogP contribution in [0.25, 0.3) is 11.0 Å². The Labute approximate surface area is 94.6 Å². The molecule has 0 radical (unpaired) electrons. The number of rotatable bonds is 1. The summed E-state index contributed by atoms with van der Waals surface area (Å²) in [5.41, 5.74) is 0.616. The van der Waals surface area contributed by atoms with Gasteiger partial charge in [0.1, 0.15) is 11.9 Å². The molecule has 4 heteroatoms. The summed E-state index contributed by atoms with van der Waals surface area (Å²) in [4.78, 5) is 0. The van der Waals surface area contributed by atoms with Crippen molar-refractivity contribution in [1.29, 1.82) is 0 Å². The smallest absolute Gasteiger partial charge is 0.153 e. The molecule has 0 bridgehead atoms. The third-order valence-corrected chi connectivity index (χ3v) is 2.71. The Balaban J connectivity index is 2.70. The molecule has 1 heterocycles. The molecule has 0 saturated heterocycles. The van der Waals surface area contributed by atoms with Crippen molar-refractivity contribution >= 4 is 38.5 Å². The van der Waals surface area contributed by atoms with Crippen molar-refractivity contribution in [2.45, 2.75) is 13.0 Å². The molecule has 0 spiro atoms. The van der Waals surface area contributed by atoms with Gasteiger partial charge in [0.15, 0.2) is 5.58 Å². The van der Waals surface area contributed by atoms with Crippen LogP contribution in [0.2, 0.25) is 5.02 Å². The Hall–Kier alpha value is -0.510. The van der Waals surface area contributed by atoms with Gasteiger partial charge in [-0.2, -0.15) is 0 Å². The predicted molar refractivity (Wildman–Crippen MR) is 59.6 cm³/mol. The fourth-order valence-electron chi connectivity index (χ4n) is 1.30. The highest BCUT2D eigenvalue weighted by Crippen LogP contribution is 2.32. The predicted octanol–water partition coefficient (Wildman–Crippen LogP) is 3.90. The molecule has 74 valence electrons. The zero-order valence-electron chi connectivity index (χ0n) is 7.42. The molecule has 1 aromatic carbocycles. The van der Waals surface area contributed by atoms with Crippen LogP contribution in [0.4, 0.5) is 0 Å². The van der Waals surface area contributed by atoms with E-state index in [0.717, 1.165) is 9.86 Å². The first-order chi connectivity index (χ1) is 6.58. The largest absolute Gasteiger partial charge is 0.457 e. The van der Waals surface area contributed by atoms with Gasteiger partial charge < -0.3 is 9.52 Å². The van der Waals surface area contributed by atoms with E-state index < -0.39 is 6.10 Å². The quantitative estimate of drug-likeness (QED) is 0.856. The second-order valence-corrected chi connectivity index (χ2v) is 4.45. The summed E-state index contributed by atoms with van der Waals surface area (Å²) in [5, 5.41) is 10.8. The topological polar surface area (TPSA) is 33.4 Å². The molecule has 2 aromatic rings. The van der Waals surface area contributed by atoms with Crippen LogP contribution in [-0.2, 0) is 0 Å². The zero-order chi connectivity index (χ0) is 10.3. The van der Waals surface area contributed by atoms with Crippen molar-refractivity contribution in [2.24, 2.45) is 0 Å². The second-order valence-electron chi connectivity index (χ2n) is 3.13. The average molecular weight is 276 g/mol. The standard InChI is InChI=1S/C10H8BrClO2/c1-5(13)9-3-6-2-7(11)4-8(12)10(6)14-9/h2-5,13H,1H3. The average Bonchev–Trinajstić information content (AvgIpc) is 2.47. The maximum absolute atomic E-state index is 9.34. The lowest BCUT2D eigenvalue weighted by Gasteiger charge is -1.96. The molecule has 0 aliphatic heterocycles. The van der Waals surface area contributed by atoms with E-state index in [0.29, 0.717) is 16.4 Å². The number of aliphatic hydroxyl groups is 1. The minimum absolute atomic E-state index is 0.528. The highest BCUT2D eigenvalue weighted by Gasteiger charge is 2.11. The first-order valence-electron chi connectivity index (χ1n) is 4.14. The summed E-state index contributed by atoms with van der Waals surface area (Å²) in [6.45, 7) is 1.65. The lowest BCUT2D eigenvalue weighted by Crippen LogP contribution is -1.85. The summed E-state index contributed by atoms with van der Waals surface area (Å²) in [6, 6.07) is 5.45. The van der Waals surface area contributed by atoms with Crippen LogP contribution in [0.15, 0.2) is 27.1 Å². The lowest BCUT2D eigenvalue weighted by molar-refractivity contribution is 0.172. The zero-order valence-corrected chi connectivity index (χ0v) is 9.76. The molecule has 1 aromatic heterocycles. The van der Waals surface area contributed by atoms with Crippen LogP contribution in [0.1, 0.15) is 18.8 Å². The molecule has 1 N–H and O–H groups in total. The molecule has 0 aliphatic rings. The van der Waals surface area contributed by atoms with Gasteiger partial charge >= 0.3 is 0 Å². The number of furan rings is 1. The van der Waals surface area contributed by atoms with E-state index >= 15 is 0 Å². The molecule has 0 amide bonds. The van der Waals surface area contributed by atoms with Gasteiger partial charge in [-0.05, 0) is 25.1 Å². The Morgan fingerprint density at radius 3 is 2.79 bits per heavy atom. The summed E-state index contributed by atoms with van der Waals surface area (Å²) < 4.78 is 6.31. The van der Waals surface area contributed by atoms with Crippen molar-refractivity contribution < 1.29 is 9.52 Å². The number of fused-ring (bicyclic) bond motifs is 1. The molecule has 0 aliphatic carbocycles. The third kappa shape index (κ3) is 1.67. The number of hydrogen-bond acceptors (Lipinski definition) is 2. The van der Waals surface area contributed by atoms with Crippen LogP contribution in [0.5, 0.6) is 0 Å². The molecule has 0 saturated carbocycles. The van der Waals surface area contributed by atoms with Gasteiger partial charge in [0.25, 0.3) is 0 Å². The summed E-state index contributed by atoms with van der Waals surface area (Å²) in [5.74, 6) is 0.528. The number of aliphatic hydroxyl groups excluding tert-OH is 1. The summed E-state index contributed by atoms with van der Waals surface area (Å²) in [7, 11) is 0. The molecule has 1 unspecified atom stereocenters.